The minimum Gasteiger partial charge on any atom is -0.342 e. The largest absolute Gasteiger partial charge is 0.342 e. The van der Waals surface area contributed by atoms with Crippen molar-refractivity contribution in [3.05, 3.63) is 0 Å². The third-order valence-electron chi connectivity index (χ3n) is 8.06. The molecule has 0 bridgehead atoms. The maximum Gasteiger partial charge on any atom is 0.225 e. The quantitative estimate of drug-likeness (QED) is 0.521. The molecule has 1 aliphatic carbocycles. The Morgan fingerprint density at radius 3 is 2.00 bits per heavy atom. The third-order valence-corrected chi connectivity index (χ3v) is 8.06. The number of piperazine rings is 1. The molecule has 1 saturated carbocycles. The summed E-state index contributed by atoms with van der Waals surface area (Å²) >= 11 is 0. The lowest BCUT2D eigenvalue weighted by Gasteiger charge is -2.38. The van der Waals surface area contributed by atoms with Crippen LogP contribution >= 0.6 is 0 Å². The van der Waals surface area contributed by atoms with E-state index >= 15 is 0 Å². The molecular weight excluding hydrogens is 402 g/mol. The van der Waals surface area contributed by atoms with Crippen LogP contribution in [0, 0.1) is 29.6 Å². The minimum atomic E-state index is 0.107. The Bertz CT molecular complexity index is 585. The fourth-order valence-electron chi connectivity index (χ4n) is 5.70. The molecule has 2 saturated heterocycles. The van der Waals surface area contributed by atoms with Crippen LogP contribution < -0.4 is 0 Å². The molecule has 0 aromatic rings. The topological polar surface area (TPSA) is 53.1 Å². The van der Waals surface area contributed by atoms with E-state index in [2.05, 4.69) is 23.8 Å². The van der Waals surface area contributed by atoms with Crippen molar-refractivity contribution in [2.75, 3.05) is 45.9 Å². The van der Waals surface area contributed by atoms with Gasteiger partial charge in [-0.05, 0) is 69.1 Å². The number of nitrogens with zero attached hydrogens (tertiary/aromatic N) is 3. The van der Waals surface area contributed by atoms with Gasteiger partial charge in [0.15, 0.2) is 0 Å². The molecule has 184 valence electrons. The van der Waals surface area contributed by atoms with Crippen molar-refractivity contribution < 1.29 is 14.4 Å². The van der Waals surface area contributed by atoms with Crippen LogP contribution in [0.3, 0.4) is 0 Å². The third kappa shape index (κ3) is 7.18. The molecule has 0 radical (unpaired) electrons. The summed E-state index contributed by atoms with van der Waals surface area (Å²) in [7, 11) is 0. The maximum atomic E-state index is 12.9. The van der Waals surface area contributed by atoms with Crippen LogP contribution in [0.15, 0.2) is 0 Å². The normalized spacial score (nSPS) is 26.2. The van der Waals surface area contributed by atoms with E-state index < -0.39 is 0 Å². The summed E-state index contributed by atoms with van der Waals surface area (Å²) in [6, 6.07) is 0. The molecule has 0 N–H and O–H groups in total. The summed E-state index contributed by atoms with van der Waals surface area (Å²) in [6.45, 7) is 14.4. The molecule has 3 fully saturated rings. The highest BCUT2D eigenvalue weighted by Gasteiger charge is 2.32. The molecular formula is C26H47N3O3. The number of hydrogen-bond acceptors (Lipinski definition) is 4. The monoisotopic (exact) mass is 449 g/mol. The van der Waals surface area contributed by atoms with E-state index in [-0.39, 0.29) is 11.8 Å². The Hall–Kier alpha value is -1.14. The molecule has 0 aromatic heterocycles. The lowest BCUT2D eigenvalue weighted by molar-refractivity contribution is -0.182. The van der Waals surface area contributed by atoms with E-state index in [1.807, 2.05) is 18.7 Å². The second-order valence-electron chi connectivity index (χ2n) is 11.0. The van der Waals surface area contributed by atoms with Gasteiger partial charge >= 0.3 is 0 Å². The lowest BCUT2D eigenvalue weighted by atomic mass is 9.76. The first-order valence-electron chi connectivity index (χ1n) is 13.3. The summed E-state index contributed by atoms with van der Waals surface area (Å²) in [5, 5.41) is 2.06. The number of hydroxylamine groups is 2. The summed E-state index contributed by atoms with van der Waals surface area (Å²) in [4.78, 5) is 35.1. The van der Waals surface area contributed by atoms with Gasteiger partial charge in [0.2, 0.25) is 11.8 Å². The fraction of sp³-hybridized carbons (Fsp3) is 0.923. The zero-order chi connectivity index (χ0) is 23.1. The molecule has 2 amide bonds. The Balaban J connectivity index is 1.25. The highest BCUT2D eigenvalue weighted by molar-refractivity contribution is 5.79. The second kappa shape index (κ2) is 12.4. The number of likely N-dealkylation sites (tertiary alicyclic amines) is 1. The van der Waals surface area contributed by atoms with Gasteiger partial charge in [-0.25, -0.2) is 0 Å². The fourth-order valence-corrected chi connectivity index (χ4v) is 5.70. The van der Waals surface area contributed by atoms with Crippen molar-refractivity contribution in [2.24, 2.45) is 29.6 Å². The zero-order valence-electron chi connectivity index (χ0n) is 21.1. The van der Waals surface area contributed by atoms with Gasteiger partial charge in [0, 0.05) is 51.1 Å². The number of carbonyl (C=O) groups is 2. The number of piperidine rings is 1. The Kier molecular flexibility index (Phi) is 9.84. The van der Waals surface area contributed by atoms with Gasteiger partial charge in [0.05, 0.1) is 6.61 Å². The molecule has 0 spiro atoms. The highest BCUT2D eigenvalue weighted by atomic mass is 16.7. The molecule has 2 heterocycles. The van der Waals surface area contributed by atoms with Crippen molar-refractivity contribution in [3.63, 3.8) is 0 Å². The number of hydrogen-bond donors (Lipinski definition) is 0. The standard InChI is InChI=1S/C26H47N3O3/c1-20(2)23-7-9-24(10-8-23)26(31)28-15-17-29(18-16-28)32-19-5-6-22-11-13-27(14-12-22)25(30)21(3)4/h20-24H,5-19H2,1-4H3. The lowest BCUT2D eigenvalue weighted by Crippen LogP contribution is -2.50. The van der Waals surface area contributed by atoms with Crippen LogP contribution in [0.4, 0.5) is 0 Å². The zero-order valence-corrected chi connectivity index (χ0v) is 21.1. The van der Waals surface area contributed by atoms with E-state index in [1.165, 1.54) is 19.3 Å². The molecule has 0 atom stereocenters. The van der Waals surface area contributed by atoms with Crippen molar-refractivity contribution in [3.8, 4) is 0 Å². The number of carbonyl (C=O) groups excluding carboxylic acids is 2. The van der Waals surface area contributed by atoms with Gasteiger partial charge in [-0.3, -0.25) is 14.4 Å². The van der Waals surface area contributed by atoms with Crippen molar-refractivity contribution in [1.29, 1.82) is 0 Å². The average Bonchev–Trinajstić information content (AvgIpc) is 2.81. The van der Waals surface area contributed by atoms with Crippen molar-refractivity contribution in [1.82, 2.24) is 14.9 Å². The average molecular weight is 450 g/mol. The first kappa shape index (κ1) is 25.5. The van der Waals surface area contributed by atoms with E-state index in [1.54, 1.807) is 0 Å². The number of rotatable bonds is 8. The van der Waals surface area contributed by atoms with E-state index in [0.717, 1.165) is 95.7 Å². The summed E-state index contributed by atoms with van der Waals surface area (Å²) in [5.74, 6) is 3.31. The maximum absolute atomic E-state index is 12.9. The Morgan fingerprint density at radius 1 is 0.812 bits per heavy atom. The SMILES string of the molecule is CC(C)C(=O)N1CCC(CCCON2CCN(C(=O)C3CCC(C(C)C)CC3)CC2)CC1. The van der Waals surface area contributed by atoms with Gasteiger partial charge in [0.1, 0.15) is 0 Å². The second-order valence-corrected chi connectivity index (χ2v) is 11.0. The van der Waals surface area contributed by atoms with Crippen LogP contribution in [-0.2, 0) is 14.4 Å². The molecule has 6 nitrogen and oxygen atoms in total. The molecule has 0 aromatic carbocycles. The van der Waals surface area contributed by atoms with Crippen molar-refractivity contribution in [2.45, 2.75) is 79.1 Å². The van der Waals surface area contributed by atoms with Crippen LogP contribution in [0.1, 0.15) is 79.1 Å². The van der Waals surface area contributed by atoms with Crippen molar-refractivity contribution >= 4 is 11.8 Å². The van der Waals surface area contributed by atoms with Gasteiger partial charge < -0.3 is 9.80 Å². The Morgan fingerprint density at radius 2 is 1.44 bits per heavy atom. The predicted molar refractivity (Wildman–Crippen MR) is 128 cm³/mol. The van der Waals surface area contributed by atoms with Gasteiger partial charge in [0.25, 0.3) is 0 Å². The van der Waals surface area contributed by atoms with E-state index in [4.69, 9.17) is 4.84 Å². The van der Waals surface area contributed by atoms with Crippen LogP contribution in [0.25, 0.3) is 0 Å². The molecule has 0 unspecified atom stereocenters. The number of amides is 2. The summed E-state index contributed by atoms with van der Waals surface area (Å²) in [5.41, 5.74) is 0. The Labute approximate surface area is 196 Å². The van der Waals surface area contributed by atoms with Gasteiger partial charge in [-0.15, -0.1) is 0 Å². The highest BCUT2D eigenvalue weighted by Crippen LogP contribution is 2.34. The molecule has 3 rings (SSSR count). The van der Waals surface area contributed by atoms with Crippen LogP contribution in [0.2, 0.25) is 0 Å². The molecule has 3 aliphatic rings. The summed E-state index contributed by atoms with van der Waals surface area (Å²) in [6.07, 6.45) is 9.07. The van der Waals surface area contributed by atoms with Crippen LogP contribution in [0.5, 0.6) is 0 Å². The first-order chi connectivity index (χ1) is 15.3. The van der Waals surface area contributed by atoms with Gasteiger partial charge in [-0.2, -0.15) is 5.06 Å². The predicted octanol–water partition coefficient (Wildman–Crippen LogP) is 4.20. The smallest absolute Gasteiger partial charge is 0.225 e. The minimum absolute atomic E-state index is 0.107. The molecule has 2 aliphatic heterocycles. The van der Waals surface area contributed by atoms with E-state index in [0.29, 0.717) is 11.8 Å². The van der Waals surface area contributed by atoms with E-state index in [9.17, 15) is 9.59 Å². The molecule has 32 heavy (non-hydrogen) atoms. The summed E-state index contributed by atoms with van der Waals surface area (Å²) < 4.78 is 0. The van der Waals surface area contributed by atoms with Gasteiger partial charge in [-0.1, -0.05) is 27.7 Å². The first-order valence-corrected chi connectivity index (χ1v) is 13.3. The van der Waals surface area contributed by atoms with Crippen LogP contribution in [-0.4, -0.2) is 72.6 Å². The molecule has 6 heteroatoms.